The molecule has 0 heterocycles. The number of ketones is 1. The Kier molecular flexibility index (Phi) is 6.74. The number of anilines is 2. The Morgan fingerprint density at radius 1 is 1.03 bits per heavy atom. The monoisotopic (exact) mass is 584 g/mol. The minimum absolute atomic E-state index is 0.0172. The van der Waals surface area contributed by atoms with Gasteiger partial charge >= 0.3 is 0 Å². The standard InChI is InChI=1S/C24H29BrN2O6S2/c1-4-33-20-10-5-17(25)14-21(20)35(31,32)27-19-8-6-18(7-9-19)26-34(29,30)15-24-12-11-16(13-22(24)28)23(24,2)3/h5-10,14,16,26-27H,4,11-13,15H2,1-3H3/t16-,24+/m1/s1. The molecule has 4 rings (SSSR count). The molecule has 2 fully saturated rings. The summed E-state index contributed by atoms with van der Waals surface area (Å²) in [6, 6.07) is 10.6. The minimum Gasteiger partial charge on any atom is -0.492 e. The van der Waals surface area contributed by atoms with Crippen molar-refractivity contribution >= 4 is 53.1 Å². The molecule has 0 amide bonds. The molecular weight excluding hydrogens is 556 g/mol. The maximum atomic E-state index is 13.0. The van der Waals surface area contributed by atoms with Gasteiger partial charge in [0.1, 0.15) is 16.4 Å². The van der Waals surface area contributed by atoms with Crippen LogP contribution in [0.25, 0.3) is 0 Å². The first-order valence-corrected chi connectivity index (χ1v) is 15.3. The molecule has 2 bridgehead atoms. The fourth-order valence-corrected chi connectivity index (χ4v) is 9.07. The average Bonchev–Trinajstić information content (AvgIpc) is 3.10. The summed E-state index contributed by atoms with van der Waals surface area (Å²) in [6.07, 6.45) is 1.90. The number of benzene rings is 2. The number of hydrogen-bond acceptors (Lipinski definition) is 6. The summed E-state index contributed by atoms with van der Waals surface area (Å²) in [5.74, 6) is 0.240. The van der Waals surface area contributed by atoms with E-state index in [1.807, 2.05) is 13.8 Å². The molecule has 2 aliphatic rings. The van der Waals surface area contributed by atoms with Gasteiger partial charge in [-0.25, -0.2) is 16.8 Å². The smallest absolute Gasteiger partial charge is 0.265 e. The van der Waals surface area contributed by atoms with Crippen LogP contribution < -0.4 is 14.2 Å². The minimum atomic E-state index is -3.96. The first-order valence-electron chi connectivity index (χ1n) is 11.4. The van der Waals surface area contributed by atoms with Crippen molar-refractivity contribution in [2.24, 2.45) is 16.7 Å². The van der Waals surface area contributed by atoms with E-state index in [2.05, 4.69) is 25.4 Å². The van der Waals surface area contributed by atoms with Gasteiger partial charge in [0, 0.05) is 22.3 Å². The highest BCUT2D eigenvalue weighted by Crippen LogP contribution is 2.64. The number of fused-ring (bicyclic) bond motifs is 2. The topological polar surface area (TPSA) is 119 Å². The lowest BCUT2D eigenvalue weighted by Crippen LogP contribution is -2.43. The number of Topliss-reactive ketones (excluding diaryl/α,β-unsaturated/α-hetero) is 1. The number of sulfonamides is 2. The largest absolute Gasteiger partial charge is 0.492 e. The summed E-state index contributed by atoms with van der Waals surface area (Å²) in [4.78, 5) is 12.7. The molecule has 8 nitrogen and oxygen atoms in total. The molecule has 0 radical (unpaired) electrons. The van der Waals surface area contributed by atoms with E-state index in [0.29, 0.717) is 29.6 Å². The van der Waals surface area contributed by atoms with E-state index in [1.165, 1.54) is 30.3 Å². The Morgan fingerprint density at radius 3 is 2.20 bits per heavy atom. The third kappa shape index (κ3) is 4.82. The first-order chi connectivity index (χ1) is 16.3. The van der Waals surface area contributed by atoms with Gasteiger partial charge in [-0.1, -0.05) is 29.8 Å². The number of rotatable bonds is 9. The highest BCUT2D eigenvalue weighted by atomic mass is 79.9. The molecule has 2 saturated carbocycles. The highest BCUT2D eigenvalue weighted by molar-refractivity contribution is 9.10. The van der Waals surface area contributed by atoms with Gasteiger partial charge in [-0.2, -0.15) is 0 Å². The lowest BCUT2D eigenvalue weighted by Gasteiger charge is -2.36. The molecule has 0 saturated heterocycles. The van der Waals surface area contributed by atoms with Crippen LogP contribution in [0.15, 0.2) is 51.8 Å². The van der Waals surface area contributed by atoms with E-state index in [0.717, 1.165) is 6.42 Å². The molecule has 2 aromatic carbocycles. The molecule has 2 atom stereocenters. The normalized spacial score (nSPS) is 23.3. The zero-order chi connectivity index (χ0) is 25.6. The summed E-state index contributed by atoms with van der Waals surface area (Å²) < 4.78 is 63.0. The lowest BCUT2D eigenvalue weighted by atomic mass is 9.70. The van der Waals surface area contributed by atoms with E-state index in [-0.39, 0.29) is 39.2 Å². The third-order valence-electron chi connectivity index (χ3n) is 7.48. The molecule has 0 unspecified atom stereocenters. The maximum Gasteiger partial charge on any atom is 0.265 e. The molecule has 2 aliphatic carbocycles. The second kappa shape index (κ2) is 9.08. The van der Waals surface area contributed by atoms with Crippen molar-refractivity contribution in [3.63, 3.8) is 0 Å². The summed E-state index contributed by atoms with van der Waals surface area (Å²) in [6.45, 7) is 6.06. The van der Waals surface area contributed by atoms with Crippen molar-refractivity contribution < 1.29 is 26.4 Å². The second-order valence-corrected chi connectivity index (χ2v) is 14.0. The summed E-state index contributed by atoms with van der Waals surface area (Å²) in [5.41, 5.74) is -0.658. The highest BCUT2D eigenvalue weighted by Gasteiger charge is 2.65. The Bertz CT molecular complexity index is 1360. The van der Waals surface area contributed by atoms with E-state index >= 15 is 0 Å². The van der Waals surface area contributed by atoms with Gasteiger partial charge in [-0.15, -0.1) is 0 Å². The van der Waals surface area contributed by atoms with Gasteiger partial charge in [0.05, 0.1) is 17.8 Å². The lowest BCUT2D eigenvalue weighted by molar-refractivity contribution is -0.128. The van der Waals surface area contributed by atoms with Crippen LogP contribution >= 0.6 is 15.9 Å². The third-order valence-corrected chi connectivity index (χ3v) is 10.8. The Morgan fingerprint density at radius 2 is 1.66 bits per heavy atom. The Hall–Kier alpha value is -2.11. The molecule has 190 valence electrons. The number of nitrogens with one attached hydrogen (secondary N) is 2. The van der Waals surface area contributed by atoms with Gasteiger partial charge < -0.3 is 4.74 Å². The van der Waals surface area contributed by atoms with Crippen molar-refractivity contribution in [3.8, 4) is 5.75 Å². The maximum absolute atomic E-state index is 13.0. The fraction of sp³-hybridized carbons (Fsp3) is 0.458. The van der Waals surface area contributed by atoms with Crippen LogP contribution in [-0.4, -0.2) is 35.0 Å². The fourth-order valence-electron chi connectivity index (χ4n) is 5.43. The van der Waals surface area contributed by atoms with E-state index in [1.54, 1.807) is 19.1 Å². The van der Waals surface area contributed by atoms with E-state index in [9.17, 15) is 21.6 Å². The number of hydrogen-bond donors (Lipinski definition) is 2. The average molecular weight is 586 g/mol. The molecule has 2 N–H and O–H groups in total. The van der Waals surface area contributed by atoms with Crippen molar-refractivity contribution in [2.75, 3.05) is 21.8 Å². The van der Waals surface area contributed by atoms with Gasteiger partial charge in [0.25, 0.3) is 10.0 Å². The van der Waals surface area contributed by atoms with Crippen LogP contribution in [0.4, 0.5) is 11.4 Å². The van der Waals surface area contributed by atoms with Crippen LogP contribution in [0.1, 0.15) is 40.0 Å². The van der Waals surface area contributed by atoms with Crippen LogP contribution in [0.5, 0.6) is 5.75 Å². The van der Waals surface area contributed by atoms with Crippen LogP contribution in [0, 0.1) is 16.7 Å². The zero-order valence-corrected chi connectivity index (χ0v) is 23.0. The number of carbonyl (C=O) groups is 1. The number of ether oxygens (including phenoxy) is 1. The molecular formula is C24H29BrN2O6S2. The molecule has 0 aliphatic heterocycles. The number of halogens is 1. The predicted octanol–water partition coefficient (Wildman–Crippen LogP) is 4.79. The Labute approximate surface area is 215 Å². The van der Waals surface area contributed by atoms with E-state index < -0.39 is 25.5 Å². The second-order valence-electron chi connectivity index (χ2n) is 9.73. The molecule has 0 spiro atoms. The summed E-state index contributed by atoms with van der Waals surface area (Å²) in [7, 11) is -7.76. The molecule has 0 aromatic heterocycles. The summed E-state index contributed by atoms with van der Waals surface area (Å²) >= 11 is 3.28. The van der Waals surface area contributed by atoms with Crippen LogP contribution in [0.2, 0.25) is 0 Å². The van der Waals surface area contributed by atoms with E-state index in [4.69, 9.17) is 4.74 Å². The first kappa shape index (κ1) is 26.0. The molecule has 11 heteroatoms. The van der Waals surface area contributed by atoms with Gasteiger partial charge in [-0.05, 0) is 73.6 Å². The number of carbonyl (C=O) groups excluding carboxylic acids is 1. The van der Waals surface area contributed by atoms with Gasteiger partial charge in [0.2, 0.25) is 10.0 Å². The van der Waals surface area contributed by atoms with Crippen molar-refractivity contribution in [2.45, 2.75) is 44.9 Å². The molecule has 2 aromatic rings. The van der Waals surface area contributed by atoms with Crippen molar-refractivity contribution in [3.05, 3.63) is 46.9 Å². The van der Waals surface area contributed by atoms with Crippen molar-refractivity contribution in [1.82, 2.24) is 0 Å². The van der Waals surface area contributed by atoms with Crippen molar-refractivity contribution in [1.29, 1.82) is 0 Å². The van der Waals surface area contributed by atoms with Crippen LogP contribution in [0.3, 0.4) is 0 Å². The predicted molar refractivity (Wildman–Crippen MR) is 139 cm³/mol. The van der Waals surface area contributed by atoms with Gasteiger partial charge in [-0.3, -0.25) is 14.2 Å². The molecule has 35 heavy (non-hydrogen) atoms. The summed E-state index contributed by atoms with van der Waals surface area (Å²) in [5, 5.41) is 0. The Balaban J connectivity index is 1.49. The zero-order valence-electron chi connectivity index (χ0n) is 19.8. The SMILES string of the molecule is CCOc1ccc(Br)cc1S(=O)(=O)Nc1ccc(NS(=O)(=O)C[C@@]23CC[C@H](CC2=O)C3(C)C)cc1. The quantitative estimate of drug-likeness (QED) is 0.437. The van der Waals surface area contributed by atoms with Crippen LogP contribution in [-0.2, 0) is 24.8 Å². The van der Waals surface area contributed by atoms with Gasteiger partial charge in [0.15, 0.2) is 0 Å².